The number of hydrogen-bond donors (Lipinski definition) is 1. The van der Waals surface area contributed by atoms with Crippen LogP contribution in [0.3, 0.4) is 0 Å². The molecular weight excluding hydrogens is 222 g/mol. The van der Waals surface area contributed by atoms with Gasteiger partial charge in [0.1, 0.15) is 0 Å². The quantitative estimate of drug-likeness (QED) is 0.714. The van der Waals surface area contributed by atoms with Crippen molar-refractivity contribution >= 4 is 9.84 Å². The molecule has 1 fully saturated rings. The van der Waals surface area contributed by atoms with E-state index in [0.29, 0.717) is 12.6 Å². The van der Waals surface area contributed by atoms with Crippen molar-refractivity contribution in [2.24, 2.45) is 0 Å². The molecule has 1 saturated carbocycles. The van der Waals surface area contributed by atoms with E-state index in [1.54, 1.807) is 0 Å². The van der Waals surface area contributed by atoms with E-state index in [0.717, 1.165) is 25.7 Å². The number of nitrogens with one attached hydrogen (secondary N) is 1. The lowest BCUT2D eigenvalue weighted by molar-refractivity contribution is 0.418. The van der Waals surface area contributed by atoms with Crippen molar-refractivity contribution in [2.75, 3.05) is 12.8 Å². The lowest BCUT2D eigenvalue weighted by atomic mass is 9.97. The Morgan fingerprint density at radius 3 is 2.00 bits per heavy atom. The molecule has 0 radical (unpaired) electrons. The van der Waals surface area contributed by atoms with Gasteiger partial charge >= 0.3 is 0 Å². The summed E-state index contributed by atoms with van der Waals surface area (Å²) in [6.07, 6.45) is 7.22. The molecule has 16 heavy (non-hydrogen) atoms. The van der Waals surface area contributed by atoms with Gasteiger partial charge in [-0.15, -0.1) is 0 Å². The van der Waals surface area contributed by atoms with E-state index in [2.05, 4.69) is 19.2 Å². The summed E-state index contributed by atoms with van der Waals surface area (Å²) in [5.41, 5.74) is 0. The molecule has 0 unspecified atom stereocenters. The maximum atomic E-state index is 12.0. The normalized spacial score (nSPS) is 17.7. The molecule has 1 aliphatic rings. The maximum absolute atomic E-state index is 12.0. The average molecular weight is 247 g/mol. The van der Waals surface area contributed by atoms with Crippen LogP contribution in [0.15, 0.2) is 0 Å². The van der Waals surface area contributed by atoms with Gasteiger partial charge in [0, 0.05) is 18.8 Å². The van der Waals surface area contributed by atoms with Gasteiger partial charge < -0.3 is 5.32 Å². The Labute approximate surface area is 99.9 Å². The van der Waals surface area contributed by atoms with Gasteiger partial charge in [0.15, 0.2) is 9.84 Å². The van der Waals surface area contributed by atoms with E-state index in [-0.39, 0.29) is 0 Å². The minimum Gasteiger partial charge on any atom is -0.312 e. The second-order valence-electron chi connectivity index (χ2n) is 5.11. The molecule has 0 aliphatic heterocycles. The van der Waals surface area contributed by atoms with Crippen molar-refractivity contribution in [3.63, 3.8) is 0 Å². The molecular formula is C12H25NO2S. The zero-order valence-electron chi connectivity index (χ0n) is 10.8. The third kappa shape index (κ3) is 3.45. The van der Waals surface area contributed by atoms with Crippen LogP contribution in [0.1, 0.15) is 52.4 Å². The van der Waals surface area contributed by atoms with Crippen LogP contribution in [0.2, 0.25) is 0 Å². The molecule has 0 amide bonds. The predicted octanol–water partition coefficient (Wildman–Crippen LogP) is 2.12. The Kier molecular flexibility index (Phi) is 4.80. The van der Waals surface area contributed by atoms with Crippen LogP contribution in [0, 0.1) is 0 Å². The van der Waals surface area contributed by atoms with Crippen molar-refractivity contribution < 1.29 is 8.42 Å². The summed E-state index contributed by atoms with van der Waals surface area (Å²) in [4.78, 5) is 0. The summed E-state index contributed by atoms with van der Waals surface area (Å²) < 4.78 is 23.5. The Morgan fingerprint density at radius 1 is 1.19 bits per heavy atom. The van der Waals surface area contributed by atoms with Gasteiger partial charge in [-0.05, 0) is 25.7 Å². The molecule has 0 aromatic rings. The summed E-state index contributed by atoms with van der Waals surface area (Å²) in [7, 11) is -2.98. The summed E-state index contributed by atoms with van der Waals surface area (Å²) >= 11 is 0. The second-order valence-corrected chi connectivity index (χ2v) is 7.52. The first kappa shape index (κ1) is 14.0. The first-order valence-corrected chi connectivity index (χ1v) is 8.27. The van der Waals surface area contributed by atoms with Crippen LogP contribution in [0.25, 0.3) is 0 Å². The second kappa shape index (κ2) is 5.50. The van der Waals surface area contributed by atoms with E-state index in [1.165, 1.54) is 19.1 Å². The van der Waals surface area contributed by atoms with Crippen LogP contribution in [0.4, 0.5) is 0 Å². The third-order valence-electron chi connectivity index (χ3n) is 3.49. The molecule has 0 atom stereocenters. The molecule has 96 valence electrons. The molecule has 3 nitrogen and oxygen atoms in total. The van der Waals surface area contributed by atoms with Gasteiger partial charge in [-0.2, -0.15) is 0 Å². The standard InChI is InChI=1S/C12H25NO2S/c1-4-8-12(9-5-2,16(3,14)15)10-13-11-6-7-11/h11,13H,4-10H2,1-3H3. The van der Waals surface area contributed by atoms with Gasteiger partial charge in [0.25, 0.3) is 0 Å². The van der Waals surface area contributed by atoms with Crippen LogP contribution in [-0.2, 0) is 9.84 Å². The Morgan fingerprint density at radius 2 is 1.69 bits per heavy atom. The van der Waals surface area contributed by atoms with Crippen LogP contribution in [-0.4, -0.2) is 32.0 Å². The highest BCUT2D eigenvalue weighted by atomic mass is 32.2. The van der Waals surface area contributed by atoms with Crippen molar-refractivity contribution in [2.45, 2.75) is 63.2 Å². The van der Waals surface area contributed by atoms with E-state index >= 15 is 0 Å². The zero-order chi connectivity index (χ0) is 12.2. The fourth-order valence-corrected chi connectivity index (χ4v) is 3.83. The summed E-state index contributed by atoms with van der Waals surface area (Å²) in [6, 6.07) is 0.579. The number of hydrogen-bond acceptors (Lipinski definition) is 3. The van der Waals surface area contributed by atoms with Gasteiger partial charge in [-0.25, -0.2) is 8.42 Å². The van der Waals surface area contributed by atoms with Crippen molar-refractivity contribution in [3.05, 3.63) is 0 Å². The van der Waals surface area contributed by atoms with Crippen LogP contribution < -0.4 is 5.32 Å². The first-order valence-electron chi connectivity index (χ1n) is 6.38. The van der Waals surface area contributed by atoms with E-state index < -0.39 is 14.6 Å². The SMILES string of the molecule is CCCC(CCC)(CNC1CC1)S(C)(=O)=O. The molecule has 0 spiro atoms. The minimum atomic E-state index is -2.98. The minimum absolute atomic E-state index is 0.529. The highest BCUT2D eigenvalue weighted by Gasteiger charge is 2.40. The molecule has 1 aliphatic carbocycles. The van der Waals surface area contributed by atoms with Gasteiger partial charge in [-0.3, -0.25) is 0 Å². The summed E-state index contributed by atoms with van der Waals surface area (Å²) in [5.74, 6) is 0. The van der Waals surface area contributed by atoms with Crippen LogP contribution in [0.5, 0.6) is 0 Å². The van der Waals surface area contributed by atoms with Crippen molar-refractivity contribution in [3.8, 4) is 0 Å². The van der Waals surface area contributed by atoms with Crippen LogP contribution >= 0.6 is 0 Å². The lowest BCUT2D eigenvalue weighted by Crippen LogP contribution is -2.47. The van der Waals surface area contributed by atoms with Gasteiger partial charge in [0.05, 0.1) is 4.75 Å². The highest BCUT2D eigenvalue weighted by Crippen LogP contribution is 2.30. The molecule has 1 N–H and O–H groups in total. The zero-order valence-corrected chi connectivity index (χ0v) is 11.6. The van der Waals surface area contributed by atoms with E-state index in [1.807, 2.05) is 0 Å². The largest absolute Gasteiger partial charge is 0.312 e. The molecule has 0 aromatic carbocycles. The van der Waals surface area contributed by atoms with E-state index in [9.17, 15) is 8.42 Å². The summed E-state index contributed by atoms with van der Waals surface area (Å²) in [5, 5.41) is 3.39. The Bertz CT molecular complexity index is 301. The molecule has 4 heteroatoms. The Hall–Kier alpha value is -0.0900. The third-order valence-corrected chi connectivity index (χ3v) is 5.61. The van der Waals surface area contributed by atoms with Crippen molar-refractivity contribution in [1.82, 2.24) is 5.32 Å². The van der Waals surface area contributed by atoms with Crippen molar-refractivity contribution in [1.29, 1.82) is 0 Å². The fraction of sp³-hybridized carbons (Fsp3) is 1.00. The molecule has 0 saturated heterocycles. The predicted molar refractivity (Wildman–Crippen MR) is 68.4 cm³/mol. The maximum Gasteiger partial charge on any atom is 0.154 e. The smallest absolute Gasteiger partial charge is 0.154 e. The topological polar surface area (TPSA) is 46.2 Å². The first-order chi connectivity index (χ1) is 7.45. The fourth-order valence-electron chi connectivity index (χ4n) is 2.33. The average Bonchev–Trinajstić information content (AvgIpc) is 2.96. The van der Waals surface area contributed by atoms with E-state index in [4.69, 9.17) is 0 Å². The lowest BCUT2D eigenvalue weighted by Gasteiger charge is -2.32. The number of sulfone groups is 1. The Balaban J connectivity index is 2.75. The highest BCUT2D eigenvalue weighted by molar-refractivity contribution is 7.92. The summed E-state index contributed by atoms with van der Waals surface area (Å²) in [6.45, 7) is 4.76. The van der Waals surface area contributed by atoms with Gasteiger partial charge in [0.2, 0.25) is 0 Å². The molecule has 0 heterocycles. The monoisotopic (exact) mass is 247 g/mol. The number of rotatable bonds is 8. The molecule has 0 aromatic heterocycles. The molecule has 0 bridgehead atoms. The van der Waals surface area contributed by atoms with Gasteiger partial charge in [-0.1, -0.05) is 26.7 Å². The molecule has 1 rings (SSSR count).